The maximum Gasteiger partial charge on any atom is 0.522 e. The largest absolute Gasteiger partial charge is 0.522 e. The van der Waals surface area contributed by atoms with Crippen molar-refractivity contribution in [1.82, 2.24) is 0 Å². The predicted octanol–water partition coefficient (Wildman–Crippen LogP) is 32.6. The summed E-state index contributed by atoms with van der Waals surface area (Å²) >= 11 is 30.8. The predicted molar refractivity (Wildman–Crippen MR) is 575 cm³/mol. The van der Waals surface area contributed by atoms with Gasteiger partial charge in [-0.05, 0) is 300 Å². The minimum Gasteiger partial charge on any atom is -0.473 e. The first-order chi connectivity index (χ1) is 60.2. The fourth-order valence-electron chi connectivity index (χ4n) is 21.2. The van der Waals surface area contributed by atoms with Crippen LogP contribution >= 0.6 is 69.6 Å². The third-order valence-corrected chi connectivity index (χ3v) is 59.1. The van der Waals surface area contributed by atoms with Crippen molar-refractivity contribution >= 4 is 145 Å². The molecule has 0 unspecified atom stereocenters. The minimum absolute atomic E-state index is 0. The van der Waals surface area contributed by atoms with Crippen LogP contribution in [0, 0.1) is 67.5 Å². The summed E-state index contributed by atoms with van der Waals surface area (Å²) in [5.41, 5.74) is 2.56. The smallest absolute Gasteiger partial charge is 0.473 e. The van der Waals surface area contributed by atoms with E-state index in [4.69, 9.17) is 120 Å². The van der Waals surface area contributed by atoms with E-state index in [-0.39, 0.29) is 81.0 Å². The molecule has 0 spiro atoms. The van der Waals surface area contributed by atoms with Crippen LogP contribution in [0.2, 0.25) is 90.7 Å². The van der Waals surface area contributed by atoms with E-state index in [1.807, 2.05) is 6.08 Å². The number of Topliss-reactive ketones (excluding diaryl/α,β-unsaturated/α-hetero) is 3. The van der Waals surface area contributed by atoms with Gasteiger partial charge in [0.1, 0.15) is 18.0 Å². The molecule has 10 aliphatic carbocycles. The maximum atomic E-state index is 12.5. The SMILES string of the molecule is C.C=C1C(=O)CC[C@]2(C)[C@@H](O[Si](C)(C)C(C)(C)C)CC[C@@H]12.C=CC1=C(C)CC[C@]2(C)[C@@H](O[Si](C)(C)C(C)(C)C)CC[C@@H]12.C=C[C@@]1(C)C(=O)CC[C@]2(C)[C@@H](O[Si](C)(C)C(C)(C)C)CC[C@H]21.C=C[C@@]1(O)C(=O)CC[C@]2(C)[C@@H](O[Si](C)(C)C(C)(C)C)CC[C@H]21.CCC1=C(C)CC[C@]2(C)[C@@H](O[Si](C)(C)C(C)(C)C)CC[C@@H]12.ClC(Cl)Cl.N=C(OCc1ccc(CO)cc1)C(Cl)(Cl)Cl.O=S(=O)(O)C(F)(F)F. The van der Waals surface area contributed by atoms with E-state index in [1.165, 1.54) is 69.4 Å². The molecule has 1 aromatic rings. The number of ketones is 3. The van der Waals surface area contributed by atoms with E-state index in [1.54, 1.807) is 41.0 Å². The molecule has 30 heteroatoms. The van der Waals surface area contributed by atoms with Crippen LogP contribution in [0.15, 0.2) is 96.7 Å². The number of halogens is 9. The molecule has 780 valence electrons. The second-order valence-corrected chi connectivity index (χ2v) is 78.6. The Balaban J connectivity index is 0.000000407. The summed E-state index contributed by atoms with van der Waals surface area (Å²) in [6, 6.07) is 7.07. The molecule has 0 aliphatic heterocycles. The summed E-state index contributed by atoms with van der Waals surface area (Å²) in [6.45, 7) is 95.0. The Morgan fingerprint density at radius 2 is 0.807 bits per heavy atom. The molecule has 4 N–H and O–H groups in total. The summed E-state index contributed by atoms with van der Waals surface area (Å²) in [5.74, 6) is 2.28. The Bertz CT molecular complexity index is 4320. The molecule has 0 saturated heterocycles. The van der Waals surface area contributed by atoms with Crippen LogP contribution in [0.5, 0.6) is 0 Å². The van der Waals surface area contributed by atoms with Crippen LogP contribution in [-0.4, -0.2) is 138 Å². The van der Waals surface area contributed by atoms with Crippen molar-refractivity contribution in [3.8, 4) is 0 Å². The molecule has 11 rings (SSSR count). The number of benzene rings is 1. The van der Waals surface area contributed by atoms with Gasteiger partial charge < -0.3 is 37.1 Å². The molecule has 0 bridgehead atoms. The van der Waals surface area contributed by atoms with E-state index in [0.29, 0.717) is 88.1 Å². The van der Waals surface area contributed by atoms with Crippen molar-refractivity contribution in [2.24, 2.45) is 62.1 Å². The first-order valence-corrected chi connectivity index (χ1v) is 67.3. The van der Waals surface area contributed by atoms with Crippen LogP contribution in [0.1, 0.15) is 320 Å². The normalized spacial score (nSPS) is 31.2. The van der Waals surface area contributed by atoms with Gasteiger partial charge in [-0.15, -0.1) is 6.58 Å². The summed E-state index contributed by atoms with van der Waals surface area (Å²) in [5, 5.41) is 28.2. The first-order valence-electron chi connectivity index (χ1n) is 48.8. The third kappa shape index (κ3) is 30.1. The molecule has 0 heterocycles. The molecule has 8 saturated carbocycles. The Labute approximate surface area is 852 Å². The van der Waals surface area contributed by atoms with Gasteiger partial charge in [0, 0.05) is 30.6 Å². The fraction of sp³-hybridized carbons (Fsp3) is 0.790. The van der Waals surface area contributed by atoms with Gasteiger partial charge in [-0.25, -0.2) is 0 Å². The second-order valence-electron chi connectivity index (χ2n) is 49.2. The topological polar surface area (TPSA) is 225 Å². The summed E-state index contributed by atoms with van der Waals surface area (Å²) in [4.78, 5) is 36.6. The van der Waals surface area contributed by atoms with Crippen LogP contribution < -0.4 is 0 Å². The molecule has 10 aliphatic rings. The van der Waals surface area contributed by atoms with Crippen molar-refractivity contribution in [1.29, 1.82) is 5.41 Å². The standard InChI is InChI=1S/C19H34O2Si.C19H36OSi.C19H34OSi.C18H32O3Si.C17H30O2Si.C10H10Cl3NO2.CHCl3.CHF3O3S.CH4/c1-9-18(5)14-10-11-16(19(14,6)13-12-15(18)20)21-22(7,8)17(2,3)4;2*1-9-15-14(2)12-13-19(6)16(15)10-11-17(19)20-21(7,8)18(3,4)5;1-8-18(20)13-9-10-15(17(13,5)12-11-14(18)19)21-22(6,7)16(2,3)4;1-12-13-8-9-15(17(13,5)11-10-14(12)18)19-20(6,7)16(2,3)4;11-10(12,13)9(14)16-6-8-3-1-7(5-15)2-4-8;2-1(3)4;2-1(3,4)8(5,6)7;/h9,14,16H,1,10-13H2,2-8H3;16-17H,9-13H2,1-8H3;9,16-17H,1,10-13H2,2-8H3;8,13,15,20H,1,9-12H2,2-7H3;13,15H,1,8-11H2,2-7H3;1-4,14-15H,5-6H2;1H;(H,5,6,7);1H4/t14-,16-,18+,19-;2*16-,17-,19-;13-,15+,17+,18+;13-,15-,17-;;;;/m00010..../s1. The highest BCUT2D eigenvalue weighted by Gasteiger charge is 2.64. The molecule has 0 amide bonds. The monoisotopic (exact) mass is 2120 g/mol. The Kier molecular flexibility index (Phi) is 44.4. The fourth-order valence-corrected chi connectivity index (χ4v) is 28.6. The summed E-state index contributed by atoms with van der Waals surface area (Å²) in [6.07, 6.45) is 29.2. The highest BCUT2D eigenvalue weighted by Crippen LogP contribution is 2.64. The minimum atomic E-state index is -5.84. The molecule has 0 aromatic heterocycles. The summed E-state index contributed by atoms with van der Waals surface area (Å²) in [7, 11) is -14.6. The van der Waals surface area contributed by atoms with E-state index in [0.717, 1.165) is 80.4 Å². The van der Waals surface area contributed by atoms with Gasteiger partial charge in [-0.3, -0.25) is 24.3 Å². The highest BCUT2D eigenvalue weighted by atomic mass is 35.6. The Hall–Kier alpha value is -1.62. The lowest BCUT2D eigenvalue weighted by Gasteiger charge is -2.50. The van der Waals surface area contributed by atoms with Crippen molar-refractivity contribution in [2.75, 3.05) is 0 Å². The maximum absolute atomic E-state index is 12.5. The molecular weight excluding hydrogens is 1940 g/mol. The average Bonchev–Trinajstić information content (AvgIpc) is 1.58. The number of hydrogen-bond acceptors (Lipinski definition) is 14. The van der Waals surface area contributed by atoms with Gasteiger partial charge in [-0.2, -0.15) is 21.6 Å². The van der Waals surface area contributed by atoms with Gasteiger partial charge in [-0.1, -0.05) is 301 Å². The van der Waals surface area contributed by atoms with Gasteiger partial charge in [0.15, 0.2) is 57.4 Å². The van der Waals surface area contributed by atoms with E-state index in [2.05, 4.69) is 264 Å². The third-order valence-electron chi connectivity index (χ3n) is 35.6. The van der Waals surface area contributed by atoms with E-state index in [9.17, 15) is 32.7 Å². The number of nitrogens with one attached hydrogen (secondary N) is 1. The van der Waals surface area contributed by atoms with Crippen molar-refractivity contribution in [3.63, 3.8) is 0 Å². The molecule has 0 radical (unpaired) electrons. The zero-order chi connectivity index (χ0) is 104. The molecule has 8 fully saturated rings. The van der Waals surface area contributed by atoms with Crippen LogP contribution in [-0.2, 0) is 64.6 Å². The highest BCUT2D eigenvalue weighted by molar-refractivity contribution is 7.86. The number of aliphatic hydroxyl groups is 2. The number of carbonyl (C=O) groups excluding carboxylic acids is 3. The van der Waals surface area contributed by atoms with Crippen LogP contribution in [0.3, 0.4) is 0 Å². The lowest BCUT2D eigenvalue weighted by molar-refractivity contribution is -0.152. The van der Waals surface area contributed by atoms with Crippen molar-refractivity contribution in [2.45, 2.75) is 462 Å². The van der Waals surface area contributed by atoms with Gasteiger partial charge in [0.25, 0.3) is 3.79 Å². The molecule has 135 heavy (non-hydrogen) atoms. The second kappa shape index (κ2) is 47.1. The molecular formula is C105H182Cl6F3NO14SSi5. The number of alkyl halides is 9. The van der Waals surface area contributed by atoms with Gasteiger partial charge in [0.2, 0.25) is 5.90 Å². The zero-order valence-corrected chi connectivity index (χ0v) is 99.0. The van der Waals surface area contributed by atoms with Gasteiger partial charge in [0.05, 0.1) is 37.1 Å². The van der Waals surface area contributed by atoms with Crippen LogP contribution in [0.4, 0.5) is 13.2 Å². The molecule has 17 atom stereocenters. The lowest BCUT2D eigenvalue weighted by atomic mass is 9.56. The lowest BCUT2D eigenvalue weighted by Crippen LogP contribution is -2.57. The van der Waals surface area contributed by atoms with E-state index >= 15 is 0 Å². The van der Waals surface area contributed by atoms with Crippen LogP contribution in [0.25, 0.3) is 0 Å². The number of aliphatic hydroxyl groups excluding tert-OH is 1. The van der Waals surface area contributed by atoms with Gasteiger partial charge >= 0.3 is 15.6 Å². The number of hydrogen-bond donors (Lipinski definition) is 4. The zero-order valence-electron chi connectivity index (χ0n) is 88.6. The number of fused-ring (bicyclic) bond motifs is 5. The number of allylic oxidation sites excluding steroid dienone is 7. The first kappa shape index (κ1) is 128. The van der Waals surface area contributed by atoms with E-state index < -0.39 is 76.8 Å². The Morgan fingerprint density at radius 1 is 0.504 bits per heavy atom. The molecule has 15 nitrogen and oxygen atoms in total. The number of carbonyl (C=O) groups is 3. The van der Waals surface area contributed by atoms with Crippen molar-refractivity contribution < 1.29 is 77.6 Å². The number of rotatable bonds is 17. The number of ether oxygens (including phenoxy) is 1. The molecule has 1 aromatic carbocycles. The summed E-state index contributed by atoms with van der Waals surface area (Å²) < 4.78 is 93.9. The quantitative estimate of drug-likeness (QED) is 0.0166. The average molecular weight is 2120 g/mol. The van der Waals surface area contributed by atoms with Crippen molar-refractivity contribution in [3.05, 3.63) is 108 Å². The Morgan fingerprint density at radius 3 is 1.15 bits per heavy atom.